The van der Waals surface area contributed by atoms with Crippen LogP contribution in [0, 0.1) is 0 Å². The van der Waals surface area contributed by atoms with Gasteiger partial charge in [-0.25, -0.2) is 13.6 Å². The zero-order valence-corrected chi connectivity index (χ0v) is 21.4. The molecule has 0 spiro atoms. The lowest BCUT2D eigenvalue weighted by Crippen LogP contribution is -2.33. The number of hydrogen-bond acceptors (Lipinski definition) is 7. The third-order valence-electron chi connectivity index (χ3n) is 5.89. The molecule has 3 aromatic heterocycles. The fourth-order valence-electron chi connectivity index (χ4n) is 4.01. The highest BCUT2D eigenvalue weighted by molar-refractivity contribution is 7.91. The van der Waals surface area contributed by atoms with Crippen molar-refractivity contribution >= 4 is 44.1 Å². The normalized spacial score (nSPS) is 16.5. The van der Waals surface area contributed by atoms with Gasteiger partial charge in [0.2, 0.25) is 15.9 Å². The SMILES string of the molecule is CC(C)NC(=O)c1cc2c(-c3sc(S(N)(=O)=O)cc3OCC3CCC(=O)N3C)cn(C)c(=O)c2[nH]1. The molecule has 35 heavy (non-hydrogen) atoms. The van der Waals surface area contributed by atoms with E-state index in [1.54, 1.807) is 31.3 Å². The van der Waals surface area contributed by atoms with Gasteiger partial charge in [-0.3, -0.25) is 14.4 Å². The molecule has 1 aliphatic heterocycles. The van der Waals surface area contributed by atoms with E-state index in [9.17, 15) is 22.8 Å². The summed E-state index contributed by atoms with van der Waals surface area (Å²) < 4.78 is 31.5. The zero-order chi connectivity index (χ0) is 25.7. The number of aromatic nitrogens is 2. The Balaban J connectivity index is 1.83. The van der Waals surface area contributed by atoms with Crippen LogP contribution in [0.3, 0.4) is 0 Å². The molecule has 188 valence electrons. The van der Waals surface area contributed by atoms with E-state index < -0.39 is 10.0 Å². The van der Waals surface area contributed by atoms with Gasteiger partial charge in [-0.15, -0.1) is 11.3 Å². The Hall–Kier alpha value is -3.16. The van der Waals surface area contributed by atoms with Gasteiger partial charge in [0.05, 0.1) is 10.9 Å². The molecule has 1 saturated heterocycles. The summed E-state index contributed by atoms with van der Waals surface area (Å²) in [6, 6.07) is 2.66. The van der Waals surface area contributed by atoms with Crippen molar-refractivity contribution in [2.24, 2.45) is 12.2 Å². The third-order valence-corrected chi connectivity index (χ3v) is 8.46. The first-order valence-corrected chi connectivity index (χ1v) is 13.3. The summed E-state index contributed by atoms with van der Waals surface area (Å²) in [6.07, 6.45) is 2.63. The predicted molar refractivity (Wildman–Crippen MR) is 132 cm³/mol. The molecule has 3 aromatic rings. The van der Waals surface area contributed by atoms with Gasteiger partial charge in [-0.2, -0.15) is 0 Å². The second-order valence-corrected chi connectivity index (χ2v) is 11.7. The van der Waals surface area contributed by atoms with Gasteiger partial charge in [-0.05, 0) is 26.3 Å². The van der Waals surface area contributed by atoms with Crippen LogP contribution in [0.1, 0.15) is 37.2 Å². The number of ether oxygens (including phenoxy) is 1. The molecule has 1 unspecified atom stereocenters. The average Bonchev–Trinajstić information content (AvgIpc) is 3.47. The maximum absolute atomic E-state index is 12.8. The van der Waals surface area contributed by atoms with E-state index in [4.69, 9.17) is 9.88 Å². The summed E-state index contributed by atoms with van der Waals surface area (Å²) in [5.41, 5.74) is 0.573. The molecule has 0 bridgehead atoms. The van der Waals surface area contributed by atoms with Crippen LogP contribution < -0.4 is 20.8 Å². The maximum atomic E-state index is 12.8. The topological polar surface area (TPSA) is 157 Å². The van der Waals surface area contributed by atoms with Crippen molar-refractivity contribution in [2.45, 2.75) is 43.0 Å². The summed E-state index contributed by atoms with van der Waals surface area (Å²) in [6.45, 7) is 3.81. The predicted octanol–water partition coefficient (Wildman–Crippen LogP) is 1.38. The number of aromatic amines is 1. The molecule has 1 aliphatic rings. The van der Waals surface area contributed by atoms with Crippen LogP contribution in [0.4, 0.5) is 0 Å². The van der Waals surface area contributed by atoms with Crippen LogP contribution in [0.25, 0.3) is 21.3 Å². The Kier molecular flexibility index (Phi) is 6.51. The van der Waals surface area contributed by atoms with Gasteiger partial charge in [0.25, 0.3) is 11.5 Å². The number of likely N-dealkylation sites (N-methyl/N-ethyl adjacent to an activating group) is 1. The highest BCUT2D eigenvalue weighted by Gasteiger charge is 2.29. The number of nitrogens with one attached hydrogen (secondary N) is 2. The van der Waals surface area contributed by atoms with Gasteiger partial charge in [0, 0.05) is 49.8 Å². The number of fused-ring (bicyclic) bond motifs is 1. The fraction of sp³-hybridized carbons (Fsp3) is 0.409. The number of aryl methyl sites for hydroxylation is 1. The molecular weight excluding hydrogens is 494 g/mol. The van der Waals surface area contributed by atoms with Crippen LogP contribution >= 0.6 is 11.3 Å². The minimum atomic E-state index is -4.03. The smallest absolute Gasteiger partial charge is 0.274 e. The number of H-pyrrole nitrogens is 1. The van der Waals surface area contributed by atoms with E-state index in [1.165, 1.54) is 10.6 Å². The van der Waals surface area contributed by atoms with Crippen LogP contribution in [-0.4, -0.2) is 60.4 Å². The van der Waals surface area contributed by atoms with Crippen molar-refractivity contribution in [1.29, 1.82) is 0 Å². The standard InChI is InChI=1S/C22H27N5O6S2/c1-11(2)24-21(29)15-7-13-14(9-26(3)22(30)19(13)25-15)20-16(8-18(34-20)35(23,31)32)33-10-12-5-6-17(28)27(12)4/h7-9,11-12,25H,5-6,10H2,1-4H3,(H,24,29)(H2,23,31,32). The number of pyridine rings is 1. The van der Waals surface area contributed by atoms with E-state index in [0.29, 0.717) is 28.7 Å². The van der Waals surface area contributed by atoms with Gasteiger partial charge in [-0.1, -0.05) is 0 Å². The van der Waals surface area contributed by atoms with E-state index in [0.717, 1.165) is 11.3 Å². The summed E-state index contributed by atoms with van der Waals surface area (Å²) >= 11 is 0.913. The number of carbonyl (C=O) groups is 2. The molecule has 0 radical (unpaired) electrons. The molecule has 4 heterocycles. The number of primary sulfonamides is 1. The third kappa shape index (κ3) is 4.83. The highest BCUT2D eigenvalue weighted by atomic mass is 32.2. The lowest BCUT2D eigenvalue weighted by atomic mass is 10.1. The van der Waals surface area contributed by atoms with Crippen molar-refractivity contribution in [3.05, 3.63) is 34.4 Å². The summed E-state index contributed by atoms with van der Waals surface area (Å²) in [5, 5.41) is 8.62. The molecule has 13 heteroatoms. The number of hydrogen-bond donors (Lipinski definition) is 3. The van der Waals surface area contributed by atoms with Gasteiger partial charge >= 0.3 is 0 Å². The minimum absolute atomic E-state index is 0.0219. The van der Waals surface area contributed by atoms with Crippen molar-refractivity contribution in [3.63, 3.8) is 0 Å². The number of thiophene rings is 1. The largest absolute Gasteiger partial charge is 0.490 e. The number of likely N-dealkylation sites (tertiary alicyclic amines) is 1. The first kappa shape index (κ1) is 24.9. The lowest BCUT2D eigenvalue weighted by molar-refractivity contribution is -0.127. The molecule has 11 nitrogen and oxygen atoms in total. The molecule has 1 atom stereocenters. The zero-order valence-electron chi connectivity index (χ0n) is 19.7. The first-order chi connectivity index (χ1) is 16.4. The monoisotopic (exact) mass is 521 g/mol. The van der Waals surface area contributed by atoms with Gasteiger partial charge in [0.15, 0.2) is 0 Å². The Morgan fingerprint density at radius 1 is 1.31 bits per heavy atom. The number of amides is 2. The first-order valence-electron chi connectivity index (χ1n) is 11.0. The number of carbonyl (C=O) groups excluding carboxylic acids is 2. The molecule has 2 amide bonds. The Morgan fingerprint density at radius 3 is 2.63 bits per heavy atom. The quantitative estimate of drug-likeness (QED) is 0.426. The van der Waals surface area contributed by atoms with Crippen LogP contribution in [0.5, 0.6) is 5.75 Å². The van der Waals surface area contributed by atoms with E-state index in [2.05, 4.69) is 10.3 Å². The van der Waals surface area contributed by atoms with Gasteiger partial charge in [0.1, 0.15) is 27.8 Å². The van der Waals surface area contributed by atoms with Crippen molar-refractivity contribution in [3.8, 4) is 16.2 Å². The molecule has 4 N–H and O–H groups in total. The van der Waals surface area contributed by atoms with E-state index in [1.807, 2.05) is 13.8 Å². The fourth-order valence-corrected chi connectivity index (χ4v) is 5.85. The summed E-state index contributed by atoms with van der Waals surface area (Å²) in [4.78, 5) is 42.2. The lowest BCUT2D eigenvalue weighted by Gasteiger charge is -2.20. The molecule has 4 rings (SSSR count). The molecule has 0 saturated carbocycles. The number of rotatable bonds is 7. The van der Waals surface area contributed by atoms with Crippen molar-refractivity contribution in [2.75, 3.05) is 13.7 Å². The van der Waals surface area contributed by atoms with E-state index >= 15 is 0 Å². The van der Waals surface area contributed by atoms with Gasteiger partial charge < -0.3 is 24.5 Å². The Morgan fingerprint density at radius 2 is 2.03 bits per heavy atom. The van der Waals surface area contributed by atoms with Crippen LogP contribution in [-0.2, 0) is 21.9 Å². The summed E-state index contributed by atoms with van der Waals surface area (Å²) in [5.74, 6) is -0.0826. The second kappa shape index (κ2) is 9.13. The second-order valence-electron chi connectivity index (χ2n) is 8.87. The highest BCUT2D eigenvalue weighted by Crippen LogP contribution is 2.43. The maximum Gasteiger partial charge on any atom is 0.274 e. The molecule has 1 fully saturated rings. The number of nitrogens with two attached hydrogens (primary N) is 1. The van der Waals surface area contributed by atoms with E-state index in [-0.39, 0.29) is 57.2 Å². The number of nitrogens with zero attached hydrogens (tertiary/aromatic N) is 2. The molecule has 0 aromatic carbocycles. The Labute approximate surface area is 205 Å². The van der Waals surface area contributed by atoms with Crippen molar-refractivity contribution < 1.29 is 22.7 Å². The molecule has 0 aliphatic carbocycles. The Bertz CT molecular complexity index is 1480. The minimum Gasteiger partial charge on any atom is -0.490 e. The van der Waals surface area contributed by atoms with Crippen LogP contribution in [0.15, 0.2) is 27.3 Å². The summed E-state index contributed by atoms with van der Waals surface area (Å²) in [7, 11) is -0.764. The van der Waals surface area contributed by atoms with Crippen LogP contribution in [0.2, 0.25) is 0 Å². The molecular formula is C22H27N5O6S2. The number of sulfonamides is 1. The average molecular weight is 522 g/mol. The van der Waals surface area contributed by atoms with Crippen molar-refractivity contribution in [1.82, 2.24) is 19.8 Å².